The largest absolute Gasteiger partial charge is 0.496 e. The van der Waals surface area contributed by atoms with E-state index in [0.29, 0.717) is 30.8 Å². The SMILES string of the molecule is CCC(CC)(CN)NC(=O)c1cc(NS(C)(=O)=O)ccc1OC. The molecule has 1 aromatic carbocycles. The van der Waals surface area contributed by atoms with Crippen LogP contribution in [0.1, 0.15) is 37.0 Å². The van der Waals surface area contributed by atoms with Crippen molar-refractivity contribution in [3.05, 3.63) is 23.8 Å². The van der Waals surface area contributed by atoms with Gasteiger partial charge in [-0.1, -0.05) is 13.8 Å². The molecule has 0 aromatic heterocycles. The van der Waals surface area contributed by atoms with Crippen LogP contribution in [0.2, 0.25) is 0 Å². The van der Waals surface area contributed by atoms with Gasteiger partial charge in [0.25, 0.3) is 5.91 Å². The number of hydrogen-bond acceptors (Lipinski definition) is 5. The number of rotatable bonds is 8. The molecular weight excluding hydrogens is 318 g/mol. The lowest BCUT2D eigenvalue weighted by Crippen LogP contribution is -2.52. The second kappa shape index (κ2) is 7.65. The van der Waals surface area contributed by atoms with Crippen molar-refractivity contribution in [3.63, 3.8) is 0 Å². The number of nitrogens with two attached hydrogens (primary N) is 1. The summed E-state index contributed by atoms with van der Waals surface area (Å²) in [5, 5.41) is 2.94. The van der Waals surface area contributed by atoms with E-state index in [4.69, 9.17) is 10.5 Å². The summed E-state index contributed by atoms with van der Waals surface area (Å²) in [4.78, 5) is 12.6. The molecule has 1 rings (SSSR count). The highest BCUT2D eigenvalue weighted by Crippen LogP contribution is 2.24. The Morgan fingerprint density at radius 2 is 1.91 bits per heavy atom. The van der Waals surface area contributed by atoms with Crippen LogP contribution < -0.4 is 20.5 Å². The third-order valence-corrected chi connectivity index (χ3v) is 4.48. The Bertz CT molecular complexity index is 646. The molecular formula is C15H25N3O4S. The third-order valence-electron chi connectivity index (χ3n) is 3.87. The zero-order chi connectivity index (χ0) is 17.7. The van der Waals surface area contributed by atoms with Crippen molar-refractivity contribution in [2.45, 2.75) is 32.2 Å². The average molecular weight is 343 g/mol. The number of sulfonamides is 1. The van der Waals surface area contributed by atoms with Crippen molar-refractivity contribution in [2.24, 2.45) is 5.73 Å². The molecule has 1 amide bonds. The molecule has 1 aromatic rings. The number of ether oxygens (including phenoxy) is 1. The predicted molar refractivity (Wildman–Crippen MR) is 91.3 cm³/mol. The van der Waals surface area contributed by atoms with Crippen molar-refractivity contribution in [1.29, 1.82) is 0 Å². The summed E-state index contributed by atoms with van der Waals surface area (Å²) in [7, 11) is -1.98. The van der Waals surface area contributed by atoms with Crippen LogP contribution in [0.15, 0.2) is 18.2 Å². The minimum atomic E-state index is -3.43. The Morgan fingerprint density at radius 1 is 1.30 bits per heavy atom. The van der Waals surface area contributed by atoms with E-state index in [-0.39, 0.29) is 11.5 Å². The zero-order valence-corrected chi connectivity index (χ0v) is 14.8. The fraction of sp³-hybridized carbons (Fsp3) is 0.533. The molecule has 130 valence electrons. The molecule has 0 aliphatic carbocycles. The van der Waals surface area contributed by atoms with Crippen molar-refractivity contribution < 1.29 is 17.9 Å². The van der Waals surface area contributed by atoms with Gasteiger partial charge < -0.3 is 15.8 Å². The van der Waals surface area contributed by atoms with Crippen molar-refractivity contribution in [1.82, 2.24) is 5.32 Å². The lowest BCUT2D eigenvalue weighted by Gasteiger charge is -2.31. The van der Waals surface area contributed by atoms with Crippen LogP contribution in [-0.2, 0) is 10.0 Å². The van der Waals surface area contributed by atoms with Gasteiger partial charge in [-0.3, -0.25) is 9.52 Å². The summed E-state index contributed by atoms with van der Waals surface area (Å²) in [5.41, 5.74) is 5.85. The molecule has 0 bridgehead atoms. The van der Waals surface area contributed by atoms with Crippen molar-refractivity contribution in [3.8, 4) is 5.75 Å². The van der Waals surface area contributed by atoms with Gasteiger partial charge in [-0.25, -0.2) is 8.42 Å². The quantitative estimate of drug-likeness (QED) is 0.659. The van der Waals surface area contributed by atoms with Crippen LogP contribution in [0.5, 0.6) is 5.75 Å². The molecule has 0 aliphatic rings. The monoisotopic (exact) mass is 343 g/mol. The van der Waals surface area contributed by atoms with Gasteiger partial charge in [-0.05, 0) is 31.0 Å². The highest BCUT2D eigenvalue weighted by molar-refractivity contribution is 7.92. The predicted octanol–water partition coefficient (Wildman–Crippen LogP) is 1.31. The normalized spacial score (nSPS) is 11.9. The van der Waals surface area contributed by atoms with Crippen molar-refractivity contribution >= 4 is 21.6 Å². The molecule has 23 heavy (non-hydrogen) atoms. The van der Waals surface area contributed by atoms with Crippen LogP contribution in [0.3, 0.4) is 0 Å². The summed E-state index contributed by atoms with van der Waals surface area (Å²) < 4.78 is 30.2. The lowest BCUT2D eigenvalue weighted by molar-refractivity contribution is 0.0892. The summed E-state index contributed by atoms with van der Waals surface area (Å²) in [6.07, 6.45) is 2.43. The van der Waals surface area contributed by atoms with Crippen LogP contribution in [0.4, 0.5) is 5.69 Å². The van der Waals surface area contributed by atoms with Gasteiger partial charge in [0.1, 0.15) is 5.75 Å². The first-order valence-corrected chi connectivity index (χ1v) is 9.27. The minimum Gasteiger partial charge on any atom is -0.496 e. The van der Waals surface area contributed by atoms with Gasteiger partial charge in [0.2, 0.25) is 10.0 Å². The molecule has 0 heterocycles. The van der Waals surface area contributed by atoms with Crippen molar-refractivity contribution in [2.75, 3.05) is 24.6 Å². The van der Waals surface area contributed by atoms with Crippen LogP contribution in [0.25, 0.3) is 0 Å². The number of benzene rings is 1. The maximum atomic E-state index is 12.6. The van der Waals surface area contributed by atoms with Gasteiger partial charge >= 0.3 is 0 Å². The first-order valence-electron chi connectivity index (χ1n) is 7.38. The van der Waals surface area contributed by atoms with E-state index >= 15 is 0 Å². The van der Waals surface area contributed by atoms with E-state index in [9.17, 15) is 13.2 Å². The van der Waals surface area contributed by atoms with Gasteiger partial charge in [0.05, 0.1) is 24.5 Å². The number of carbonyl (C=O) groups is 1. The molecule has 0 aliphatic heterocycles. The summed E-state index contributed by atoms with van der Waals surface area (Å²) >= 11 is 0. The maximum Gasteiger partial charge on any atom is 0.255 e. The van der Waals surface area contributed by atoms with Gasteiger partial charge in [0.15, 0.2) is 0 Å². The van der Waals surface area contributed by atoms with E-state index in [1.807, 2.05) is 13.8 Å². The molecule has 0 atom stereocenters. The molecule has 0 spiro atoms. The number of amides is 1. The number of methoxy groups -OCH3 is 1. The first-order chi connectivity index (χ1) is 10.7. The van der Waals surface area contributed by atoms with E-state index in [1.165, 1.54) is 19.2 Å². The summed E-state index contributed by atoms with van der Waals surface area (Å²) in [5.74, 6) is 0.00725. The molecule has 0 fully saturated rings. The maximum absolute atomic E-state index is 12.6. The molecule has 8 heteroatoms. The Balaban J connectivity index is 3.18. The molecule has 0 saturated carbocycles. The Labute approximate surface area is 137 Å². The second-order valence-corrected chi connectivity index (χ2v) is 7.18. The third kappa shape index (κ3) is 5.11. The van der Waals surface area contributed by atoms with Gasteiger partial charge in [0, 0.05) is 12.2 Å². The molecule has 4 N–H and O–H groups in total. The van der Waals surface area contributed by atoms with Crippen LogP contribution in [-0.4, -0.2) is 39.8 Å². The first kappa shape index (κ1) is 19.2. The highest BCUT2D eigenvalue weighted by Gasteiger charge is 2.28. The Kier molecular flexibility index (Phi) is 6.40. The molecule has 0 saturated heterocycles. The molecule has 7 nitrogen and oxygen atoms in total. The van der Waals surface area contributed by atoms with E-state index in [0.717, 1.165) is 6.26 Å². The molecule has 0 radical (unpaired) electrons. The highest BCUT2D eigenvalue weighted by atomic mass is 32.2. The van der Waals surface area contributed by atoms with Gasteiger partial charge in [-0.15, -0.1) is 0 Å². The van der Waals surface area contributed by atoms with Gasteiger partial charge in [-0.2, -0.15) is 0 Å². The summed E-state index contributed by atoms with van der Waals surface area (Å²) in [6.45, 7) is 4.22. The fourth-order valence-electron chi connectivity index (χ4n) is 2.24. The zero-order valence-electron chi connectivity index (χ0n) is 14.0. The number of nitrogens with one attached hydrogen (secondary N) is 2. The van der Waals surface area contributed by atoms with Crippen LogP contribution >= 0.6 is 0 Å². The second-order valence-electron chi connectivity index (χ2n) is 5.43. The standard InChI is InChI=1S/C15H25N3O4S/c1-5-15(6-2,10-16)17-14(19)12-9-11(18-23(4,20)21)7-8-13(12)22-3/h7-9,18H,5-6,10,16H2,1-4H3,(H,17,19). The number of anilines is 1. The lowest BCUT2D eigenvalue weighted by atomic mass is 9.92. The topological polar surface area (TPSA) is 111 Å². The fourth-order valence-corrected chi connectivity index (χ4v) is 2.79. The minimum absolute atomic E-state index is 0.251. The molecule has 0 unspecified atom stereocenters. The van der Waals surface area contributed by atoms with E-state index in [2.05, 4.69) is 10.0 Å². The smallest absolute Gasteiger partial charge is 0.255 e. The van der Waals surface area contributed by atoms with Crippen LogP contribution in [0, 0.1) is 0 Å². The number of carbonyl (C=O) groups excluding carboxylic acids is 1. The average Bonchev–Trinajstić information content (AvgIpc) is 2.51. The summed E-state index contributed by atoms with van der Waals surface area (Å²) in [6, 6.07) is 4.53. The van der Waals surface area contributed by atoms with E-state index in [1.54, 1.807) is 6.07 Å². The van der Waals surface area contributed by atoms with E-state index < -0.39 is 15.6 Å². The Morgan fingerprint density at radius 3 is 2.35 bits per heavy atom. The number of hydrogen-bond donors (Lipinski definition) is 3. The Hall–Kier alpha value is -1.80.